The first-order valence-electron chi connectivity index (χ1n) is 7.12. The Bertz CT molecular complexity index is 630. The molecule has 0 bridgehead atoms. The van der Waals surface area contributed by atoms with Crippen molar-refractivity contribution in [1.29, 1.82) is 0 Å². The first kappa shape index (κ1) is 14.7. The number of carbonyl (C=O) groups excluding carboxylic acids is 1. The zero-order valence-electron chi connectivity index (χ0n) is 12.3. The smallest absolute Gasteiger partial charge is 0.317 e. The van der Waals surface area contributed by atoms with Crippen molar-refractivity contribution in [2.45, 2.75) is 12.6 Å². The number of carbonyl (C=O) groups is 1. The molecule has 1 atom stereocenters. The number of nitrogens with one attached hydrogen (secondary N) is 1. The number of nitrogens with zero attached hydrogens (tertiary/aromatic N) is 1. The lowest BCUT2D eigenvalue weighted by Gasteiger charge is -2.29. The number of urea groups is 1. The molecule has 0 fully saturated rings. The van der Waals surface area contributed by atoms with Crippen LogP contribution in [0.5, 0.6) is 11.5 Å². The second-order valence-corrected chi connectivity index (χ2v) is 6.15. The van der Waals surface area contributed by atoms with Crippen molar-refractivity contribution < 1.29 is 14.3 Å². The van der Waals surface area contributed by atoms with Crippen molar-refractivity contribution in [2.75, 3.05) is 20.2 Å². The van der Waals surface area contributed by atoms with Gasteiger partial charge in [-0.2, -0.15) is 0 Å². The predicted octanol–water partition coefficient (Wildman–Crippen LogP) is 2.73. The molecule has 22 heavy (non-hydrogen) atoms. The van der Waals surface area contributed by atoms with Crippen molar-refractivity contribution in [3.8, 4) is 11.5 Å². The van der Waals surface area contributed by atoms with Crippen LogP contribution in [0, 0.1) is 0 Å². The molecule has 2 heterocycles. The molecule has 0 radical (unpaired) electrons. The molecule has 0 saturated carbocycles. The second-order valence-electron chi connectivity index (χ2n) is 5.12. The number of ether oxygens (including phenoxy) is 2. The summed E-state index contributed by atoms with van der Waals surface area (Å²) in [5, 5.41) is 4.89. The van der Waals surface area contributed by atoms with E-state index in [0.29, 0.717) is 19.7 Å². The average molecular weight is 318 g/mol. The van der Waals surface area contributed by atoms with Crippen LogP contribution in [0.1, 0.15) is 4.88 Å². The van der Waals surface area contributed by atoms with E-state index in [1.54, 1.807) is 23.3 Å². The van der Waals surface area contributed by atoms with Crippen LogP contribution in [0.25, 0.3) is 0 Å². The average Bonchev–Trinajstić information content (AvgIpc) is 3.06. The van der Waals surface area contributed by atoms with Crippen LogP contribution < -0.4 is 14.8 Å². The molecular formula is C16H18N2O3S. The van der Waals surface area contributed by atoms with E-state index in [2.05, 4.69) is 5.32 Å². The van der Waals surface area contributed by atoms with E-state index in [9.17, 15) is 4.79 Å². The third-order valence-corrected chi connectivity index (χ3v) is 4.26. The minimum atomic E-state index is -0.160. The van der Waals surface area contributed by atoms with Crippen LogP contribution in [-0.2, 0) is 6.54 Å². The lowest BCUT2D eigenvalue weighted by atomic mass is 10.2. The van der Waals surface area contributed by atoms with E-state index in [0.717, 1.165) is 16.4 Å². The van der Waals surface area contributed by atoms with Gasteiger partial charge in [0.05, 0.1) is 13.1 Å². The third-order valence-electron chi connectivity index (χ3n) is 3.39. The van der Waals surface area contributed by atoms with Crippen LogP contribution in [0.15, 0.2) is 41.8 Å². The lowest BCUT2D eigenvalue weighted by molar-refractivity contribution is 0.0715. The number of amides is 2. The molecule has 116 valence electrons. The van der Waals surface area contributed by atoms with Gasteiger partial charge in [-0.1, -0.05) is 18.2 Å². The van der Waals surface area contributed by atoms with Gasteiger partial charge in [0.15, 0.2) is 17.6 Å². The van der Waals surface area contributed by atoms with Gasteiger partial charge in [0.1, 0.15) is 6.61 Å². The van der Waals surface area contributed by atoms with E-state index in [1.807, 2.05) is 41.8 Å². The quantitative estimate of drug-likeness (QED) is 0.943. The number of fused-ring (bicyclic) bond motifs is 1. The van der Waals surface area contributed by atoms with Crippen LogP contribution >= 0.6 is 11.3 Å². The predicted molar refractivity (Wildman–Crippen MR) is 85.5 cm³/mol. The SMILES string of the molecule is CN(CC1COc2ccccc2O1)C(=O)NCc1cccs1. The number of thiophene rings is 1. The van der Waals surface area contributed by atoms with Gasteiger partial charge in [-0.25, -0.2) is 4.79 Å². The molecule has 1 aliphatic heterocycles. The minimum Gasteiger partial charge on any atom is -0.486 e. The number of para-hydroxylation sites is 2. The van der Waals surface area contributed by atoms with Crippen molar-refractivity contribution in [3.63, 3.8) is 0 Å². The Hall–Kier alpha value is -2.21. The molecule has 1 aromatic carbocycles. The fourth-order valence-electron chi connectivity index (χ4n) is 2.25. The minimum absolute atomic E-state index is 0.115. The van der Waals surface area contributed by atoms with Crippen LogP contribution in [0.4, 0.5) is 4.79 Å². The number of hydrogen-bond donors (Lipinski definition) is 1. The summed E-state index contributed by atoms with van der Waals surface area (Å²) in [6.45, 7) is 1.47. The number of likely N-dealkylation sites (N-methyl/N-ethyl adjacent to an activating group) is 1. The zero-order chi connectivity index (χ0) is 15.4. The molecule has 0 saturated heterocycles. The third kappa shape index (κ3) is 3.51. The van der Waals surface area contributed by atoms with Crippen molar-refractivity contribution in [3.05, 3.63) is 46.7 Å². The van der Waals surface area contributed by atoms with Crippen LogP contribution in [-0.4, -0.2) is 37.2 Å². The van der Waals surface area contributed by atoms with E-state index in [4.69, 9.17) is 9.47 Å². The Morgan fingerprint density at radius 1 is 1.32 bits per heavy atom. The van der Waals surface area contributed by atoms with Crippen molar-refractivity contribution in [2.24, 2.45) is 0 Å². The van der Waals surface area contributed by atoms with Gasteiger partial charge in [0, 0.05) is 11.9 Å². The van der Waals surface area contributed by atoms with Crippen LogP contribution in [0.3, 0.4) is 0 Å². The maximum Gasteiger partial charge on any atom is 0.317 e. The van der Waals surface area contributed by atoms with Gasteiger partial charge in [-0.3, -0.25) is 0 Å². The molecule has 0 aliphatic carbocycles. The maximum atomic E-state index is 12.1. The van der Waals surface area contributed by atoms with E-state index >= 15 is 0 Å². The fraction of sp³-hybridized carbons (Fsp3) is 0.312. The standard InChI is InChI=1S/C16H18N2O3S/c1-18(16(19)17-9-13-5-4-8-22-13)10-12-11-20-14-6-2-3-7-15(14)21-12/h2-8,12H,9-11H2,1H3,(H,17,19). The molecule has 1 N–H and O–H groups in total. The van der Waals surface area contributed by atoms with Gasteiger partial charge >= 0.3 is 6.03 Å². The first-order valence-corrected chi connectivity index (χ1v) is 8.00. The highest BCUT2D eigenvalue weighted by Crippen LogP contribution is 2.30. The van der Waals surface area contributed by atoms with Crippen molar-refractivity contribution in [1.82, 2.24) is 10.2 Å². The summed E-state index contributed by atoms with van der Waals surface area (Å²) in [7, 11) is 1.76. The van der Waals surface area contributed by atoms with Crippen molar-refractivity contribution >= 4 is 17.4 Å². The lowest BCUT2D eigenvalue weighted by Crippen LogP contribution is -2.45. The molecule has 5 nitrogen and oxygen atoms in total. The molecule has 0 spiro atoms. The Morgan fingerprint density at radius 3 is 2.91 bits per heavy atom. The molecule has 1 aliphatic rings. The highest BCUT2D eigenvalue weighted by Gasteiger charge is 2.23. The molecule has 2 aromatic rings. The Morgan fingerprint density at radius 2 is 2.14 bits per heavy atom. The summed E-state index contributed by atoms with van der Waals surface area (Å²) >= 11 is 1.63. The molecular weight excluding hydrogens is 300 g/mol. The molecule has 6 heteroatoms. The highest BCUT2D eigenvalue weighted by molar-refractivity contribution is 7.09. The maximum absolute atomic E-state index is 12.1. The number of benzene rings is 1. The summed E-state index contributed by atoms with van der Waals surface area (Å²) in [6.07, 6.45) is -0.160. The molecule has 2 amide bonds. The van der Waals surface area contributed by atoms with Crippen LogP contribution in [0.2, 0.25) is 0 Å². The van der Waals surface area contributed by atoms with E-state index in [1.165, 1.54) is 0 Å². The first-order chi connectivity index (χ1) is 10.7. The Balaban J connectivity index is 1.49. The summed E-state index contributed by atoms with van der Waals surface area (Å²) in [5.41, 5.74) is 0. The zero-order valence-corrected chi connectivity index (χ0v) is 13.1. The van der Waals surface area contributed by atoms with Gasteiger partial charge in [0.2, 0.25) is 0 Å². The topological polar surface area (TPSA) is 50.8 Å². The van der Waals surface area contributed by atoms with Gasteiger partial charge < -0.3 is 19.7 Å². The normalized spacial score (nSPS) is 16.1. The summed E-state index contributed by atoms with van der Waals surface area (Å²) in [5.74, 6) is 1.48. The molecule has 3 rings (SSSR count). The number of rotatable bonds is 4. The molecule has 1 unspecified atom stereocenters. The second kappa shape index (κ2) is 6.70. The van der Waals surface area contributed by atoms with Gasteiger partial charge in [-0.15, -0.1) is 11.3 Å². The largest absolute Gasteiger partial charge is 0.486 e. The summed E-state index contributed by atoms with van der Waals surface area (Å²) < 4.78 is 11.5. The highest BCUT2D eigenvalue weighted by atomic mass is 32.1. The monoisotopic (exact) mass is 318 g/mol. The Labute approximate surface area is 133 Å². The Kier molecular flexibility index (Phi) is 4.48. The fourth-order valence-corrected chi connectivity index (χ4v) is 2.90. The molecule has 1 aromatic heterocycles. The number of hydrogen-bond acceptors (Lipinski definition) is 4. The summed E-state index contributed by atoms with van der Waals surface area (Å²) in [6, 6.07) is 11.4. The van der Waals surface area contributed by atoms with Gasteiger partial charge in [-0.05, 0) is 23.6 Å². The van der Waals surface area contributed by atoms with E-state index < -0.39 is 0 Å². The van der Waals surface area contributed by atoms with E-state index in [-0.39, 0.29) is 12.1 Å². The van der Waals surface area contributed by atoms with Gasteiger partial charge in [0.25, 0.3) is 0 Å². The summed E-state index contributed by atoms with van der Waals surface area (Å²) in [4.78, 5) is 14.8.